The van der Waals surface area contributed by atoms with Crippen molar-refractivity contribution in [3.8, 4) is 0 Å². The Morgan fingerprint density at radius 3 is 2.32 bits per heavy atom. The Bertz CT molecular complexity index is 513. The lowest BCUT2D eigenvalue weighted by atomic mass is 10.0. The quantitative estimate of drug-likeness (QED) is 0.530. The average Bonchev–Trinajstić information content (AvgIpc) is 2.42. The average molecular weight is 252 g/mol. The van der Waals surface area contributed by atoms with Gasteiger partial charge in [0.2, 0.25) is 0 Å². The molecule has 1 rings (SSSR count). The zero-order chi connectivity index (χ0) is 14.3. The largest absolute Gasteiger partial charge is 0.289 e. The summed E-state index contributed by atoms with van der Waals surface area (Å²) in [6, 6.07) is 8.20. The standard InChI is InChI=1S/C18H20O/c1-5-6-7-15(4)18(19)13-10-16-8-11-17(12-9-16)14(2)3/h5-14H,1,4H2,2-3H3/b7-6-,13-10+. The zero-order valence-electron chi connectivity index (χ0n) is 11.6. The molecule has 0 aromatic heterocycles. The van der Waals surface area contributed by atoms with E-state index in [0.29, 0.717) is 11.5 Å². The lowest BCUT2D eigenvalue weighted by Gasteiger charge is -2.04. The third kappa shape index (κ3) is 4.92. The molecule has 0 saturated carbocycles. The SMILES string of the molecule is C=C/C=C\C(=C)C(=O)/C=C/c1ccc(C(C)C)cc1. The van der Waals surface area contributed by atoms with Crippen molar-refractivity contribution >= 4 is 11.9 Å². The fourth-order valence-corrected chi connectivity index (χ4v) is 1.54. The Kier molecular flexibility index (Phi) is 5.74. The Hall–Kier alpha value is -2.15. The van der Waals surface area contributed by atoms with E-state index in [1.54, 1.807) is 30.4 Å². The van der Waals surface area contributed by atoms with Crippen molar-refractivity contribution in [1.82, 2.24) is 0 Å². The van der Waals surface area contributed by atoms with Crippen LogP contribution in [-0.4, -0.2) is 5.78 Å². The van der Waals surface area contributed by atoms with Crippen LogP contribution in [0, 0.1) is 0 Å². The molecule has 1 heteroatoms. The van der Waals surface area contributed by atoms with Crippen molar-refractivity contribution < 1.29 is 4.79 Å². The first kappa shape index (κ1) is 14.9. The normalized spacial score (nSPS) is 11.3. The second kappa shape index (κ2) is 7.32. The van der Waals surface area contributed by atoms with Gasteiger partial charge in [-0.15, -0.1) is 0 Å². The van der Waals surface area contributed by atoms with Crippen LogP contribution < -0.4 is 0 Å². The topological polar surface area (TPSA) is 17.1 Å². The molecule has 0 atom stereocenters. The van der Waals surface area contributed by atoms with E-state index in [9.17, 15) is 4.79 Å². The predicted octanol–water partition coefficient (Wildman–Crippen LogP) is 4.69. The van der Waals surface area contributed by atoms with Crippen molar-refractivity contribution in [2.75, 3.05) is 0 Å². The molecule has 0 heterocycles. The van der Waals surface area contributed by atoms with Crippen LogP contribution >= 0.6 is 0 Å². The minimum atomic E-state index is -0.0916. The number of benzene rings is 1. The molecule has 98 valence electrons. The Balaban J connectivity index is 2.71. The van der Waals surface area contributed by atoms with Crippen molar-refractivity contribution in [1.29, 1.82) is 0 Å². The summed E-state index contributed by atoms with van der Waals surface area (Å²) in [5.41, 5.74) is 2.76. The van der Waals surface area contributed by atoms with Gasteiger partial charge >= 0.3 is 0 Å². The molecule has 1 aromatic rings. The van der Waals surface area contributed by atoms with Gasteiger partial charge in [0.15, 0.2) is 5.78 Å². The molecular formula is C18H20O. The number of carbonyl (C=O) groups is 1. The molecule has 0 amide bonds. The maximum atomic E-state index is 11.7. The maximum Gasteiger partial charge on any atom is 0.185 e. The van der Waals surface area contributed by atoms with Crippen molar-refractivity contribution in [2.45, 2.75) is 19.8 Å². The summed E-state index contributed by atoms with van der Waals surface area (Å²) in [7, 11) is 0. The van der Waals surface area contributed by atoms with E-state index in [1.165, 1.54) is 5.56 Å². The van der Waals surface area contributed by atoms with E-state index in [-0.39, 0.29) is 5.78 Å². The predicted molar refractivity (Wildman–Crippen MR) is 83.0 cm³/mol. The molecule has 0 saturated heterocycles. The molecule has 0 spiro atoms. The molecule has 0 aliphatic rings. The first-order valence-electron chi connectivity index (χ1n) is 6.35. The molecule has 0 N–H and O–H groups in total. The van der Waals surface area contributed by atoms with E-state index < -0.39 is 0 Å². The number of rotatable bonds is 6. The summed E-state index contributed by atoms with van der Waals surface area (Å²) >= 11 is 0. The van der Waals surface area contributed by atoms with Crippen LogP contribution in [0.5, 0.6) is 0 Å². The van der Waals surface area contributed by atoms with E-state index in [2.05, 4.69) is 39.1 Å². The number of hydrogen-bond donors (Lipinski definition) is 0. The number of allylic oxidation sites excluding steroid dienone is 5. The number of carbonyl (C=O) groups excluding carboxylic acids is 1. The Labute approximate surface area is 115 Å². The van der Waals surface area contributed by atoms with Crippen LogP contribution in [0.25, 0.3) is 6.08 Å². The second-order valence-electron chi connectivity index (χ2n) is 4.64. The minimum absolute atomic E-state index is 0.0916. The summed E-state index contributed by atoms with van der Waals surface area (Å²) < 4.78 is 0. The third-order valence-electron chi connectivity index (χ3n) is 2.78. The summed E-state index contributed by atoms with van der Waals surface area (Å²) in [6.45, 7) is 11.6. The molecule has 1 aromatic carbocycles. The zero-order valence-corrected chi connectivity index (χ0v) is 11.6. The Morgan fingerprint density at radius 2 is 1.79 bits per heavy atom. The van der Waals surface area contributed by atoms with Crippen LogP contribution in [0.15, 0.2) is 67.3 Å². The van der Waals surface area contributed by atoms with Gasteiger partial charge in [-0.3, -0.25) is 4.79 Å². The minimum Gasteiger partial charge on any atom is -0.289 e. The molecule has 0 unspecified atom stereocenters. The highest BCUT2D eigenvalue weighted by Gasteiger charge is 1.99. The lowest BCUT2D eigenvalue weighted by molar-refractivity contribution is -0.110. The van der Waals surface area contributed by atoms with Gasteiger partial charge in [0.05, 0.1) is 0 Å². The maximum absolute atomic E-state index is 11.7. The molecule has 0 fully saturated rings. The van der Waals surface area contributed by atoms with E-state index in [1.807, 2.05) is 12.1 Å². The molecule has 1 nitrogen and oxygen atoms in total. The van der Waals surface area contributed by atoms with Crippen LogP contribution in [0.2, 0.25) is 0 Å². The molecule has 0 aliphatic carbocycles. The van der Waals surface area contributed by atoms with Crippen LogP contribution in [-0.2, 0) is 4.79 Å². The van der Waals surface area contributed by atoms with Gasteiger partial charge in [0, 0.05) is 5.57 Å². The number of hydrogen-bond acceptors (Lipinski definition) is 1. The summed E-state index contributed by atoms with van der Waals surface area (Å²) in [4.78, 5) is 11.7. The summed E-state index contributed by atoms with van der Waals surface area (Å²) in [5.74, 6) is 0.425. The fraction of sp³-hybridized carbons (Fsp3) is 0.167. The molecule has 0 radical (unpaired) electrons. The highest BCUT2D eigenvalue weighted by molar-refractivity contribution is 6.07. The second-order valence-corrected chi connectivity index (χ2v) is 4.64. The smallest absolute Gasteiger partial charge is 0.185 e. The molecule has 0 bridgehead atoms. The summed E-state index contributed by atoms with van der Waals surface area (Å²) in [6.07, 6.45) is 8.32. The lowest BCUT2D eigenvalue weighted by Crippen LogP contribution is -1.93. The van der Waals surface area contributed by atoms with Crippen molar-refractivity contribution in [3.05, 3.63) is 78.4 Å². The first-order chi connectivity index (χ1) is 9.04. The van der Waals surface area contributed by atoms with E-state index in [4.69, 9.17) is 0 Å². The van der Waals surface area contributed by atoms with Gasteiger partial charge in [-0.05, 0) is 23.1 Å². The van der Waals surface area contributed by atoms with Crippen molar-refractivity contribution in [3.63, 3.8) is 0 Å². The van der Waals surface area contributed by atoms with Crippen molar-refractivity contribution in [2.24, 2.45) is 0 Å². The van der Waals surface area contributed by atoms with Gasteiger partial charge in [-0.2, -0.15) is 0 Å². The first-order valence-corrected chi connectivity index (χ1v) is 6.35. The summed E-state index contributed by atoms with van der Waals surface area (Å²) in [5, 5.41) is 0. The van der Waals surface area contributed by atoms with Crippen LogP contribution in [0.3, 0.4) is 0 Å². The molecule has 0 aliphatic heterocycles. The highest BCUT2D eigenvalue weighted by atomic mass is 16.1. The monoisotopic (exact) mass is 252 g/mol. The molecular weight excluding hydrogens is 232 g/mol. The fourth-order valence-electron chi connectivity index (χ4n) is 1.54. The van der Waals surface area contributed by atoms with E-state index in [0.717, 1.165) is 5.56 Å². The van der Waals surface area contributed by atoms with Crippen LogP contribution in [0.4, 0.5) is 0 Å². The Morgan fingerprint density at radius 1 is 1.16 bits per heavy atom. The van der Waals surface area contributed by atoms with Gasteiger partial charge in [-0.1, -0.05) is 75.6 Å². The number of ketones is 1. The highest BCUT2D eigenvalue weighted by Crippen LogP contribution is 2.15. The molecule has 19 heavy (non-hydrogen) atoms. The van der Waals surface area contributed by atoms with Crippen LogP contribution in [0.1, 0.15) is 30.9 Å². The van der Waals surface area contributed by atoms with Gasteiger partial charge in [0.25, 0.3) is 0 Å². The van der Waals surface area contributed by atoms with E-state index >= 15 is 0 Å². The van der Waals surface area contributed by atoms with Gasteiger partial charge in [0.1, 0.15) is 0 Å². The van der Waals surface area contributed by atoms with Gasteiger partial charge in [-0.25, -0.2) is 0 Å². The third-order valence-corrected chi connectivity index (χ3v) is 2.78. The van der Waals surface area contributed by atoms with Gasteiger partial charge < -0.3 is 0 Å².